The van der Waals surface area contributed by atoms with Gasteiger partial charge in [0, 0.05) is 6.20 Å². The van der Waals surface area contributed by atoms with E-state index >= 15 is 0 Å². The molecule has 0 spiro atoms. The van der Waals surface area contributed by atoms with E-state index in [9.17, 15) is 4.79 Å². The average Bonchev–Trinajstić information content (AvgIpc) is 2.87. The molecule has 0 saturated carbocycles. The van der Waals surface area contributed by atoms with Crippen LogP contribution in [0.4, 0.5) is 0 Å². The fourth-order valence-electron chi connectivity index (χ4n) is 1.53. The molecule has 0 fully saturated rings. The smallest absolute Gasteiger partial charge is 0.352 e. The number of aromatic amines is 1. The van der Waals surface area contributed by atoms with Crippen molar-refractivity contribution < 1.29 is 9.90 Å². The van der Waals surface area contributed by atoms with Gasteiger partial charge in [-0.25, -0.2) is 9.78 Å². The maximum atomic E-state index is 10.8. The number of nitrogens with zero attached hydrogens (tertiary/aromatic N) is 2. The summed E-state index contributed by atoms with van der Waals surface area (Å²) < 4.78 is 0.822. The van der Waals surface area contributed by atoms with Crippen molar-refractivity contribution in [1.29, 1.82) is 0 Å². The molecular formula is C11H7N3O2S. The van der Waals surface area contributed by atoms with Crippen LogP contribution in [0.2, 0.25) is 0 Å². The molecule has 0 bridgehead atoms. The zero-order valence-electron chi connectivity index (χ0n) is 8.54. The number of carboxylic acid groups (broad SMARTS) is 1. The molecule has 3 aromatic rings. The van der Waals surface area contributed by atoms with Crippen LogP contribution in [-0.2, 0) is 0 Å². The number of hydrogen-bond donors (Lipinski definition) is 2. The van der Waals surface area contributed by atoms with Crippen LogP contribution in [0.3, 0.4) is 0 Å². The van der Waals surface area contributed by atoms with Crippen LogP contribution in [0.15, 0.2) is 30.5 Å². The standard InChI is InChI=1S/C11H7N3O2S/c15-11(16)7-5-8-9(13-7)14-10(17-8)6-3-1-2-4-12-6/h1-5,13H,(H,15,16). The van der Waals surface area contributed by atoms with E-state index in [2.05, 4.69) is 15.0 Å². The molecule has 6 heteroatoms. The number of carboxylic acids is 1. The quantitative estimate of drug-likeness (QED) is 0.726. The Kier molecular flexibility index (Phi) is 2.15. The fourth-order valence-corrected chi connectivity index (χ4v) is 2.47. The summed E-state index contributed by atoms with van der Waals surface area (Å²) in [6.07, 6.45) is 1.70. The molecule has 17 heavy (non-hydrogen) atoms. The molecule has 3 aromatic heterocycles. The second kappa shape index (κ2) is 3.67. The number of pyridine rings is 1. The first-order valence-corrected chi connectivity index (χ1v) is 5.70. The number of rotatable bonds is 2. The van der Waals surface area contributed by atoms with E-state index in [1.807, 2.05) is 18.2 Å². The SMILES string of the molecule is O=C(O)c1cc2sc(-c3ccccn3)nc2[nH]1. The maximum Gasteiger partial charge on any atom is 0.352 e. The van der Waals surface area contributed by atoms with E-state index in [4.69, 9.17) is 5.11 Å². The zero-order chi connectivity index (χ0) is 11.8. The molecule has 2 N–H and O–H groups in total. The van der Waals surface area contributed by atoms with Crippen molar-refractivity contribution in [3.05, 3.63) is 36.2 Å². The monoisotopic (exact) mass is 245 g/mol. The summed E-state index contributed by atoms with van der Waals surface area (Å²) in [6, 6.07) is 7.18. The van der Waals surface area contributed by atoms with Gasteiger partial charge in [0.05, 0.1) is 10.4 Å². The number of hydrogen-bond acceptors (Lipinski definition) is 4. The minimum Gasteiger partial charge on any atom is -0.477 e. The van der Waals surface area contributed by atoms with Crippen molar-refractivity contribution in [3.63, 3.8) is 0 Å². The van der Waals surface area contributed by atoms with Crippen molar-refractivity contribution in [2.24, 2.45) is 0 Å². The maximum absolute atomic E-state index is 10.8. The Morgan fingerprint density at radius 2 is 2.29 bits per heavy atom. The van der Waals surface area contributed by atoms with Crippen LogP contribution >= 0.6 is 11.3 Å². The number of aromatic carboxylic acids is 1. The normalized spacial score (nSPS) is 10.8. The molecule has 3 heterocycles. The first-order chi connectivity index (χ1) is 8.24. The molecule has 0 aromatic carbocycles. The molecule has 0 aliphatic rings. The number of aromatic nitrogens is 3. The third-order valence-corrected chi connectivity index (χ3v) is 3.32. The lowest BCUT2D eigenvalue weighted by atomic mass is 10.4. The molecule has 5 nitrogen and oxygen atoms in total. The van der Waals surface area contributed by atoms with Gasteiger partial charge in [-0.2, -0.15) is 0 Å². The number of H-pyrrole nitrogens is 1. The van der Waals surface area contributed by atoms with Crippen LogP contribution < -0.4 is 0 Å². The molecule has 0 radical (unpaired) electrons. The van der Waals surface area contributed by atoms with Crippen molar-refractivity contribution in [2.45, 2.75) is 0 Å². The number of nitrogens with one attached hydrogen (secondary N) is 1. The predicted octanol–water partition coefficient (Wildman–Crippen LogP) is 2.38. The van der Waals surface area contributed by atoms with Gasteiger partial charge in [-0.05, 0) is 18.2 Å². The van der Waals surface area contributed by atoms with Crippen LogP contribution in [0.5, 0.6) is 0 Å². The Bertz CT molecular complexity index is 656. The van der Waals surface area contributed by atoms with E-state index in [0.717, 1.165) is 15.4 Å². The minimum atomic E-state index is -0.977. The Hall–Kier alpha value is -2.21. The zero-order valence-corrected chi connectivity index (χ0v) is 9.36. The van der Waals surface area contributed by atoms with Gasteiger partial charge in [0.2, 0.25) is 0 Å². The van der Waals surface area contributed by atoms with Gasteiger partial charge >= 0.3 is 5.97 Å². The highest BCUT2D eigenvalue weighted by molar-refractivity contribution is 7.21. The van der Waals surface area contributed by atoms with Crippen molar-refractivity contribution in [1.82, 2.24) is 15.0 Å². The molecular weight excluding hydrogens is 238 g/mol. The van der Waals surface area contributed by atoms with Gasteiger partial charge in [0.1, 0.15) is 16.3 Å². The Morgan fingerprint density at radius 3 is 2.94 bits per heavy atom. The topological polar surface area (TPSA) is 78.9 Å². The number of carbonyl (C=O) groups is 1. The summed E-state index contributed by atoms with van der Waals surface area (Å²) in [4.78, 5) is 22.0. The van der Waals surface area contributed by atoms with E-state index < -0.39 is 5.97 Å². The molecule has 0 atom stereocenters. The first kappa shape index (κ1) is 9.98. The molecule has 0 amide bonds. The van der Waals surface area contributed by atoms with E-state index in [-0.39, 0.29) is 5.69 Å². The highest BCUT2D eigenvalue weighted by Crippen LogP contribution is 2.29. The Balaban J connectivity index is 2.10. The van der Waals surface area contributed by atoms with Crippen molar-refractivity contribution >= 4 is 27.7 Å². The number of thiazole rings is 1. The molecule has 0 aliphatic heterocycles. The third-order valence-electron chi connectivity index (χ3n) is 2.30. The summed E-state index contributed by atoms with van der Waals surface area (Å²) >= 11 is 1.42. The average molecular weight is 245 g/mol. The van der Waals surface area contributed by atoms with Gasteiger partial charge < -0.3 is 10.1 Å². The van der Waals surface area contributed by atoms with Gasteiger partial charge in [-0.1, -0.05) is 6.07 Å². The van der Waals surface area contributed by atoms with E-state index in [0.29, 0.717) is 5.65 Å². The summed E-state index contributed by atoms with van der Waals surface area (Å²) in [6.45, 7) is 0. The lowest BCUT2D eigenvalue weighted by Gasteiger charge is -1.92. The first-order valence-electron chi connectivity index (χ1n) is 4.88. The predicted molar refractivity (Wildman–Crippen MR) is 64.2 cm³/mol. The van der Waals surface area contributed by atoms with E-state index in [1.165, 1.54) is 11.3 Å². The van der Waals surface area contributed by atoms with Gasteiger partial charge in [-0.15, -0.1) is 11.3 Å². The van der Waals surface area contributed by atoms with Gasteiger partial charge in [-0.3, -0.25) is 4.98 Å². The van der Waals surface area contributed by atoms with E-state index in [1.54, 1.807) is 12.3 Å². The molecule has 0 saturated heterocycles. The van der Waals surface area contributed by atoms with Crippen LogP contribution in [-0.4, -0.2) is 26.0 Å². The molecule has 84 valence electrons. The minimum absolute atomic E-state index is 0.159. The summed E-state index contributed by atoms with van der Waals surface area (Å²) in [5, 5.41) is 9.61. The highest BCUT2D eigenvalue weighted by atomic mass is 32.1. The lowest BCUT2D eigenvalue weighted by molar-refractivity contribution is 0.0691. The van der Waals surface area contributed by atoms with Gasteiger partial charge in [0.25, 0.3) is 0 Å². The largest absolute Gasteiger partial charge is 0.477 e. The third kappa shape index (κ3) is 1.68. The molecule has 0 unspecified atom stereocenters. The lowest BCUT2D eigenvalue weighted by Crippen LogP contribution is -1.95. The second-order valence-electron chi connectivity index (χ2n) is 3.44. The Labute approximate surface area is 99.8 Å². The summed E-state index contributed by atoms with van der Waals surface area (Å²) in [7, 11) is 0. The van der Waals surface area contributed by atoms with Crippen molar-refractivity contribution in [2.75, 3.05) is 0 Å². The number of fused-ring (bicyclic) bond motifs is 1. The molecule has 3 rings (SSSR count). The highest BCUT2D eigenvalue weighted by Gasteiger charge is 2.12. The molecule has 0 aliphatic carbocycles. The van der Waals surface area contributed by atoms with Crippen LogP contribution in [0, 0.1) is 0 Å². The Morgan fingerprint density at radius 1 is 1.41 bits per heavy atom. The fraction of sp³-hybridized carbons (Fsp3) is 0. The summed E-state index contributed by atoms with van der Waals surface area (Å²) in [5.41, 5.74) is 1.54. The summed E-state index contributed by atoms with van der Waals surface area (Å²) in [5.74, 6) is -0.977. The van der Waals surface area contributed by atoms with Crippen LogP contribution in [0.25, 0.3) is 21.0 Å². The van der Waals surface area contributed by atoms with Gasteiger partial charge in [0.15, 0.2) is 0 Å². The van der Waals surface area contributed by atoms with Crippen LogP contribution in [0.1, 0.15) is 10.5 Å². The van der Waals surface area contributed by atoms with Crippen molar-refractivity contribution in [3.8, 4) is 10.7 Å². The second-order valence-corrected chi connectivity index (χ2v) is 4.47.